The van der Waals surface area contributed by atoms with E-state index in [4.69, 9.17) is 0 Å². The van der Waals surface area contributed by atoms with Crippen LogP contribution in [0.4, 0.5) is 0 Å². The average molecular weight is 299 g/mol. The number of H-pyrrole nitrogens is 1. The number of rotatable bonds is 5. The third-order valence-corrected chi connectivity index (χ3v) is 4.59. The number of benzene rings is 1. The predicted molar refractivity (Wildman–Crippen MR) is 90.0 cm³/mol. The van der Waals surface area contributed by atoms with Crippen molar-refractivity contribution in [2.45, 2.75) is 32.1 Å². The molecule has 4 heteroatoms. The second-order valence-electron chi connectivity index (χ2n) is 6.19. The van der Waals surface area contributed by atoms with Crippen LogP contribution in [0, 0.1) is 0 Å². The van der Waals surface area contributed by atoms with Gasteiger partial charge >= 0.3 is 0 Å². The lowest BCUT2D eigenvalue weighted by Crippen LogP contribution is -2.41. The number of likely N-dealkylation sites (tertiary alicyclic amines) is 1. The molecule has 0 bridgehead atoms. The van der Waals surface area contributed by atoms with Gasteiger partial charge in [-0.05, 0) is 49.9 Å². The minimum absolute atomic E-state index is 0.160. The van der Waals surface area contributed by atoms with E-state index >= 15 is 0 Å². The lowest BCUT2D eigenvalue weighted by Gasteiger charge is -2.31. The lowest BCUT2D eigenvalue weighted by atomic mass is 9.89. The molecule has 0 spiro atoms. The number of hydrogen-bond donors (Lipinski definition) is 2. The Morgan fingerprint density at radius 1 is 1.32 bits per heavy atom. The molecule has 1 aromatic heterocycles. The fourth-order valence-electron chi connectivity index (χ4n) is 3.36. The molecule has 1 aliphatic rings. The Bertz CT molecular complexity index is 626. The minimum atomic E-state index is 0.160. The Balaban J connectivity index is 1.56. The fourth-order valence-corrected chi connectivity index (χ4v) is 3.36. The summed E-state index contributed by atoms with van der Waals surface area (Å²) in [5.41, 5.74) is 2.66. The van der Waals surface area contributed by atoms with Gasteiger partial charge in [0.25, 0.3) is 0 Å². The van der Waals surface area contributed by atoms with E-state index in [2.05, 4.69) is 52.6 Å². The van der Waals surface area contributed by atoms with Crippen LogP contribution in [0.5, 0.6) is 0 Å². The summed E-state index contributed by atoms with van der Waals surface area (Å²) < 4.78 is 0. The number of aromatic amines is 1. The maximum atomic E-state index is 11.8. The first-order chi connectivity index (χ1) is 10.8. The predicted octanol–water partition coefficient (Wildman–Crippen LogP) is 2.87. The Morgan fingerprint density at radius 2 is 2.09 bits per heavy atom. The lowest BCUT2D eigenvalue weighted by molar-refractivity contribution is -0.122. The van der Waals surface area contributed by atoms with Crippen molar-refractivity contribution in [2.75, 3.05) is 26.2 Å². The molecule has 0 saturated carbocycles. The molecule has 2 N–H and O–H groups in total. The van der Waals surface area contributed by atoms with Crippen molar-refractivity contribution in [3.05, 3.63) is 36.0 Å². The van der Waals surface area contributed by atoms with Crippen molar-refractivity contribution in [1.29, 1.82) is 0 Å². The van der Waals surface area contributed by atoms with Crippen molar-refractivity contribution in [3.63, 3.8) is 0 Å². The highest BCUT2D eigenvalue weighted by molar-refractivity contribution is 5.83. The molecule has 1 fully saturated rings. The number of fused-ring (bicyclic) bond motifs is 1. The van der Waals surface area contributed by atoms with Gasteiger partial charge in [0, 0.05) is 23.6 Å². The van der Waals surface area contributed by atoms with Crippen LogP contribution in [-0.4, -0.2) is 42.0 Å². The summed E-state index contributed by atoms with van der Waals surface area (Å²) in [4.78, 5) is 17.4. The zero-order valence-electron chi connectivity index (χ0n) is 13.3. The first-order valence-corrected chi connectivity index (χ1v) is 8.33. The summed E-state index contributed by atoms with van der Waals surface area (Å²) in [7, 11) is 0. The van der Waals surface area contributed by atoms with Gasteiger partial charge < -0.3 is 10.3 Å². The van der Waals surface area contributed by atoms with Gasteiger partial charge in [-0.1, -0.05) is 25.1 Å². The number of carbonyl (C=O) groups is 1. The molecule has 1 aromatic carbocycles. The molecule has 22 heavy (non-hydrogen) atoms. The molecule has 1 aliphatic heterocycles. The van der Waals surface area contributed by atoms with Crippen LogP contribution in [0.1, 0.15) is 37.7 Å². The number of para-hydroxylation sites is 1. The van der Waals surface area contributed by atoms with E-state index in [1.54, 1.807) is 0 Å². The Kier molecular flexibility index (Phi) is 4.78. The first kappa shape index (κ1) is 15.1. The van der Waals surface area contributed by atoms with Crippen molar-refractivity contribution in [2.24, 2.45) is 0 Å². The smallest absolute Gasteiger partial charge is 0.234 e. The molecule has 1 amide bonds. The van der Waals surface area contributed by atoms with Crippen molar-refractivity contribution in [3.8, 4) is 0 Å². The van der Waals surface area contributed by atoms with Crippen molar-refractivity contribution < 1.29 is 4.79 Å². The topological polar surface area (TPSA) is 48.1 Å². The van der Waals surface area contributed by atoms with Gasteiger partial charge in [0.2, 0.25) is 5.91 Å². The summed E-state index contributed by atoms with van der Waals surface area (Å²) in [5.74, 6) is 0.762. The molecule has 0 aliphatic carbocycles. The zero-order chi connectivity index (χ0) is 15.4. The molecule has 2 heterocycles. The van der Waals surface area contributed by atoms with Crippen LogP contribution in [0.2, 0.25) is 0 Å². The Morgan fingerprint density at radius 3 is 2.86 bits per heavy atom. The Labute approximate surface area is 131 Å². The van der Waals surface area contributed by atoms with Crippen molar-refractivity contribution in [1.82, 2.24) is 15.2 Å². The average Bonchev–Trinajstić information content (AvgIpc) is 2.98. The largest absolute Gasteiger partial charge is 0.361 e. The molecule has 118 valence electrons. The monoisotopic (exact) mass is 299 g/mol. The number of amides is 1. The second-order valence-corrected chi connectivity index (χ2v) is 6.19. The number of hydrogen-bond acceptors (Lipinski definition) is 2. The minimum Gasteiger partial charge on any atom is -0.361 e. The van der Waals surface area contributed by atoms with Crippen LogP contribution in [0.3, 0.4) is 0 Å². The van der Waals surface area contributed by atoms with E-state index in [0.717, 1.165) is 38.9 Å². The summed E-state index contributed by atoms with van der Waals surface area (Å²) in [6, 6.07) is 8.50. The number of piperidine rings is 1. The van der Waals surface area contributed by atoms with Gasteiger partial charge in [0.15, 0.2) is 0 Å². The summed E-state index contributed by atoms with van der Waals surface area (Å²) in [5, 5.41) is 4.31. The van der Waals surface area contributed by atoms with Crippen LogP contribution in [0.15, 0.2) is 30.5 Å². The van der Waals surface area contributed by atoms with Gasteiger partial charge in [-0.2, -0.15) is 0 Å². The van der Waals surface area contributed by atoms with Crippen LogP contribution in [-0.2, 0) is 4.79 Å². The van der Waals surface area contributed by atoms with E-state index in [1.807, 2.05) is 0 Å². The van der Waals surface area contributed by atoms with Gasteiger partial charge in [-0.3, -0.25) is 9.69 Å². The van der Waals surface area contributed by atoms with Crippen LogP contribution < -0.4 is 5.32 Å². The second kappa shape index (κ2) is 6.97. The fraction of sp³-hybridized carbons (Fsp3) is 0.500. The zero-order valence-corrected chi connectivity index (χ0v) is 13.3. The van der Waals surface area contributed by atoms with Crippen molar-refractivity contribution >= 4 is 16.8 Å². The van der Waals surface area contributed by atoms with E-state index in [-0.39, 0.29) is 5.91 Å². The van der Waals surface area contributed by atoms with Gasteiger partial charge in [0.05, 0.1) is 6.54 Å². The molecular formula is C18H25N3O. The van der Waals surface area contributed by atoms with E-state index in [0.29, 0.717) is 12.5 Å². The summed E-state index contributed by atoms with van der Waals surface area (Å²) >= 11 is 0. The highest BCUT2D eigenvalue weighted by Crippen LogP contribution is 2.32. The first-order valence-electron chi connectivity index (χ1n) is 8.33. The van der Waals surface area contributed by atoms with Gasteiger partial charge in [-0.25, -0.2) is 0 Å². The quantitative estimate of drug-likeness (QED) is 0.892. The van der Waals surface area contributed by atoms with Gasteiger partial charge in [0.1, 0.15) is 0 Å². The number of carbonyl (C=O) groups excluding carboxylic acids is 1. The molecule has 1 saturated heterocycles. The molecule has 0 unspecified atom stereocenters. The van der Waals surface area contributed by atoms with E-state index < -0.39 is 0 Å². The van der Waals surface area contributed by atoms with Crippen LogP contribution >= 0.6 is 0 Å². The van der Waals surface area contributed by atoms with E-state index in [9.17, 15) is 4.79 Å². The number of nitrogens with zero attached hydrogens (tertiary/aromatic N) is 1. The molecule has 4 nitrogen and oxygen atoms in total. The third kappa shape index (κ3) is 3.33. The molecule has 3 rings (SSSR count). The SMILES string of the molecule is CCCNC(=O)CN1CCC(c2c[nH]c3ccccc23)CC1. The number of aromatic nitrogens is 1. The Hall–Kier alpha value is -1.81. The number of nitrogens with one attached hydrogen (secondary N) is 2. The van der Waals surface area contributed by atoms with E-state index in [1.165, 1.54) is 16.5 Å². The maximum absolute atomic E-state index is 11.8. The maximum Gasteiger partial charge on any atom is 0.234 e. The van der Waals surface area contributed by atoms with Crippen LogP contribution in [0.25, 0.3) is 10.9 Å². The molecule has 0 radical (unpaired) electrons. The molecular weight excluding hydrogens is 274 g/mol. The highest BCUT2D eigenvalue weighted by Gasteiger charge is 2.23. The normalized spacial score (nSPS) is 17.0. The standard InChI is InChI=1S/C18H25N3O/c1-2-9-19-18(22)13-21-10-7-14(8-11-21)16-12-20-17-6-4-3-5-15(16)17/h3-6,12,14,20H,2,7-11,13H2,1H3,(H,19,22). The third-order valence-electron chi connectivity index (χ3n) is 4.59. The molecule has 0 atom stereocenters. The highest BCUT2D eigenvalue weighted by atomic mass is 16.2. The summed E-state index contributed by atoms with van der Waals surface area (Å²) in [6.45, 7) is 5.41. The summed E-state index contributed by atoms with van der Waals surface area (Å²) in [6.07, 6.45) is 5.42. The van der Waals surface area contributed by atoms with Gasteiger partial charge in [-0.15, -0.1) is 0 Å². The molecule has 2 aromatic rings.